The number of benzene rings is 1. The molecule has 1 aliphatic rings. The van der Waals surface area contributed by atoms with E-state index in [1.807, 2.05) is 0 Å². The summed E-state index contributed by atoms with van der Waals surface area (Å²) in [4.78, 5) is 24.5. The maximum Gasteiger partial charge on any atom is 0.324 e. The van der Waals surface area contributed by atoms with Crippen molar-refractivity contribution in [1.82, 2.24) is 0 Å². The number of anilines is 2. The van der Waals surface area contributed by atoms with Gasteiger partial charge in [0, 0.05) is 4.88 Å². The van der Waals surface area contributed by atoms with Gasteiger partial charge in [0.15, 0.2) is 17.5 Å². The van der Waals surface area contributed by atoms with Gasteiger partial charge in [-0.3, -0.25) is 10.1 Å². The Labute approximate surface area is 143 Å². The van der Waals surface area contributed by atoms with Gasteiger partial charge < -0.3 is 15.8 Å². The van der Waals surface area contributed by atoms with E-state index in [2.05, 4.69) is 10.6 Å². The molecule has 132 valence electrons. The highest BCUT2D eigenvalue weighted by Crippen LogP contribution is 2.36. The van der Waals surface area contributed by atoms with Crippen LogP contribution in [0, 0.1) is 17.5 Å². The van der Waals surface area contributed by atoms with E-state index in [-0.39, 0.29) is 10.6 Å². The highest BCUT2D eigenvalue weighted by Gasteiger charge is 2.25. The van der Waals surface area contributed by atoms with Crippen molar-refractivity contribution in [3.63, 3.8) is 0 Å². The van der Waals surface area contributed by atoms with Crippen molar-refractivity contribution in [2.24, 2.45) is 5.73 Å². The van der Waals surface area contributed by atoms with Crippen LogP contribution in [0.15, 0.2) is 12.1 Å². The summed E-state index contributed by atoms with van der Waals surface area (Å²) in [5.41, 5.74) is 5.71. The van der Waals surface area contributed by atoms with E-state index in [1.165, 1.54) is 0 Å². The van der Waals surface area contributed by atoms with Crippen LogP contribution in [0.5, 0.6) is 0 Å². The molecular formula is C15H12F3N3O3S. The van der Waals surface area contributed by atoms with E-state index in [1.54, 1.807) is 0 Å². The Morgan fingerprint density at radius 2 is 1.92 bits per heavy atom. The summed E-state index contributed by atoms with van der Waals surface area (Å²) in [5, 5.41) is 4.64. The Balaban J connectivity index is 1.83. The first-order chi connectivity index (χ1) is 11.9. The van der Waals surface area contributed by atoms with Crippen LogP contribution in [0.1, 0.15) is 20.8 Å². The average Bonchev–Trinajstić information content (AvgIpc) is 2.93. The minimum atomic E-state index is -1.70. The summed E-state index contributed by atoms with van der Waals surface area (Å²) in [6.45, 7) is 0.719. The number of amides is 3. The molecular weight excluding hydrogens is 359 g/mol. The zero-order valence-corrected chi connectivity index (χ0v) is 13.4. The molecule has 0 spiro atoms. The SMILES string of the molecule is NC(=O)c1c(NC(=O)Nc2ccc(F)c(F)c2F)sc2c1CCOC2. The maximum atomic E-state index is 13.6. The zero-order chi connectivity index (χ0) is 18.1. The zero-order valence-electron chi connectivity index (χ0n) is 12.6. The first-order valence-electron chi connectivity index (χ1n) is 7.12. The van der Waals surface area contributed by atoms with Gasteiger partial charge in [0.05, 0.1) is 24.5 Å². The number of rotatable bonds is 3. The minimum Gasteiger partial charge on any atom is -0.376 e. The molecule has 3 rings (SSSR count). The average molecular weight is 371 g/mol. The molecule has 10 heteroatoms. The van der Waals surface area contributed by atoms with Crippen LogP contribution in [0.3, 0.4) is 0 Å². The molecule has 25 heavy (non-hydrogen) atoms. The lowest BCUT2D eigenvalue weighted by Gasteiger charge is -2.12. The summed E-state index contributed by atoms with van der Waals surface area (Å²) in [6.07, 6.45) is 0.477. The third kappa shape index (κ3) is 3.30. The van der Waals surface area contributed by atoms with Gasteiger partial charge >= 0.3 is 6.03 Å². The predicted octanol–water partition coefficient (Wildman–Crippen LogP) is 2.98. The number of nitrogens with one attached hydrogen (secondary N) is 2. The fraction of sp³-hybridized carbons (Fsp3) is 0.200. The second-order valence-electron chi connectivity index (χ2n) is 5.18. The Kier molecular flexibility index (Phi) is 4.64. The Morgan fingerprint density at radius 1 is 1.16 bits per heavy atom. The number of thiophene rings is 1. The molecule has 1 aliphatic heterocycles. The number of hydrogen-bond acceptors (Lipinski definition) is 4. The van der Waals surface area contributed by atoms with Gasteiger partial charge in [0.1, 0.15) is 5.00 Å². The van der Waals surface area contributed by atoms with E-state index in [4.69, 9.17) is 10.5 Å². The summed E-state index contributed by atoms with van der Waals surface area (Å²) in [5.74, 6) is -5.30. The summed E-state index contributed by atoms with van der Waals surface area (Å²) >= 11 is 1.11. The lowest BCUT2D eigenvalue weighted by molar-refractivity contribution is 0.0991. The van der Waals surface area contributed by atoms with Crippen LogP contribution in [-0.4, -0.2) is 18.5 Å². The minimum absolute atomic E-state index is 0.171. The molecule has 3 amide bonds. The second-order valence-corrected chi connectivity index (χ2v) is 6.28. The lowest BCUT2D eigenvalue weighted by atomic mass is 10.1. The number of nitrogens with two attached hydrogens (primary N) is 1. The van der Waals surface area contributed by atoms with Gasteiger partial charge in [-0.1, -0.05) is 0 Å². The van der Waals surface area contributed by atoms with Gasteiger partial charge in [-0.2, -0.15) is 0 Å². The van der Waals surface area contributed by atoms with Crippen molar-refractivity contribution >= 4 is 34.0 Å². The molecule has 0 atom stereocenters. The quantitative estimate of drug-likeness (QED) is 0.724. The number of primary amides is 1. The van der Waals surface area contributed by atoms with Crippen LogP contribution in [0.2, 0.25) is 0 Å². The highest BCUT2D eigenvalue weighted by atomic mass is 32.1. The highest BCUT2D eigenvalue weighted by molar-refractivity contribution is 7.17. The molecule has 0 unspecified atom stereocenters. The molecule has 0 aliphatic carbocycles. The number of hydrogen-bond donors (Lipinski definition) is 3. The van der Waals surface area contributed by atoms with Crippen LogP contribution < -0.4 is 16.4 Å². The lowest BCUT2D eigenvalue weighted by Crippen LogP contribution is -2.23. The standard InChI is InChI=1S/C15H12F3N3O3S/c16-7-1-2-8(12(18)11(7)17)20-15(23)21-14-10(13(19)22)6-3-4-24-5-9(6)25-14/h1-2H,3-5H2,(H2,19,22)(H2,20,21,23). The monoisotopic (exact) mass is 371 g/mol. The molecule has 6 nitrogen and oxygen atoms in total. The third-order valence-electron chi connectivity index (χ3n) is 3.58. The molecule has 0 saturated carbocycles. The Hall–Kier alpha value is -2.59. The molecule has 0 fully saturated rings. The Morgan fingerprint density at radius 3 is 2.64 bits per heavy atom. The number of halogens is 3. The number of urea groups is 1. The van der Waals surface area contributed by atoms with Crippen molar-refractivity contribution in [2.45, 2.75) is 13.0 Å². The van der Waals surface area contributed by atoms with Crippen molar-refractivity contribution in [3.8, 4) is 0 Å². The third-order valence-corrected chi connectivity index (χ3v) is 4.70. The molecule has 4 N–H and O–H groups in total. The second kappa shape index (κ2) is 6.73. The van der Waals surface area contributed by atoms with Crippen molar-refractivity contribution in [2.75, 3.05) is 17.2 Å². The van der Waals surface area contributed by atoms with E-state index >= 15 is 0 Å². The summed E-state index contributed by atoms with van der Waals surface area (Å²) in [6, 6.07) is 0.645. The smallest absolute Gasteiger partial charge is 0.324 e. The molecule has 2 aromatic rings. The number of carbonyl (C=O) groups excluding carboxylic acids is 2. The van der Waals surface area contributed by atoms with Gasteiger partial charge in [-0.15, -0.1) is 11.3 Å². The molecule has 0 radical (unpaired) electrons. The first-order valence-corrected chi connectivity index (χ1v) is 7.93. The van der Waals surface area contributed by atoms with Crippen LogP contribution in [0.4, 0.5) is 28.7 Å². The molecule has 0 saturated heterocycles. The first kappa shape index (κ1) is 17.2. The van der Waals surface area contributed by atoms with Crippen molar-refractivity contribution in [1.29, 1.82) is 0 Å². The van der Waals surface area contributed by atoms with Gasteiger partial charge in [0.2, 0.25) is 0 Å². The largest absolute Gasteiger partial charge is 0.376 e. The fourth-order valence-corrected chi connectivity index (χ4v) is 3.65. The molecule has 2 heterocycles. The topological polar surface area (TPSA) is 93.5 Å². The van der Waals surface area contributed by atoms with Crippen molar-refractivity contribution < 1.29 is 27.5 Å². The number of fused-ring (bicyclic) bond motifs is 1. The van der Waals surface area contributed by atoms with Crippen LogP contribution in [-0.2, 0) is 17.8 Å². The van der Waals surface area contributed by atoms with Crippen LogP contribution >= 0.6 is 11.3 Å². The summed E-state index contributed by atoms with van der Waals surface area (Å²) in [7, 11) is 0. The van der Waals surface area contributed by atoms with E-state index in [0.717, 1.165) is 22.3 Å². The molecule has 0 bridgehead atoms. The predicted molar refractivity (Wildman–Crippen MR) is 85.2 cm³/mol. The Bertz CT molecular complexity index is 869. The normalized spacial score (nSPS) is 13.2. The number of ether oxygens (including phenoxy) is 1. The van der Waals surface area contributed by atoms with Gasteiger partial charge in [-0.05, 0) is 24.1 Å². The van der Waals surface area contributed by atoms with E-state index in [0.29, 0.717) is 31.3 Å². The molecule has 1 aromatic heterocycles. The maximum absolute atomic E-state index is 13.6. The summed E-state index contributed by atoms with van der Waals surface area (Å²) < 4.78 is 45.0. The van der Waals surface area contributed by atoms with Gasteiger partial charge in [0.25, 0.3) is 5.91 Å². The van der Waals surface area contributed by atoms with E-state index in [9.17, 15) is 22.8 Å². The van der Waals surface area contributed by atoms with E-state index < -0.39 is 35.1 Å². The van der Waals surface area contributed by atoms with Crippen LogP contribution in [0.25, 0.3) is 0 Å². The number of carbonyl (C=O) groups is 2. The van der Waals surface area contributed by atoms with Crippen molar-refractivity contribution in [3.05, 3.63) is 45.6 Å². The van der Waals surface area contributed by atoms with Gasteiger partial charge in [-0.25, -0.2) is 18.0 Å². The fourth-order valence-electron chi connectivity index (χ4n) is 2.46. The molecule has 1 aromatic carbocycles.